The number of carbonyl (C=O) groups is 3. The summed E-state index contributed by atoms with van der Waals surface area (Å²) in [5.41, 5.74) is 1.02. The number of carboxylic acid groups (broad SMARTS) is 1. The molecule has 2 aromatic rings. The SMILES string of the molecule is O=C(O)CNC(=O)CNC(=O)CCn1ccc2c(Br)cccc21. The maximum atomic E-state index is 11.8. The summed E-state index contributed by atoms with van der Waals surface area (Å²) >= 11 is 3.48. The summed E-state index contributed by atoms with van der Waals surface area (Å²) in [6, 6.07) is 7.82. The molecule has 3 N–H and O–H groups in total. The number of benzene rings is 1. The molecule has 0 fully saturated rings. The van der Waals surface area contributed by atoms with Crippen molar-refractivity contribution in [2.24, 2.45) is 0 Å². The van der Waals surface area contributed by atoms with E-state index in [-0.39, 0.29) is 18.9 Å². The third-order valence-corrected chi connectivity index (χ3v) is 3.91. The van der Waals surface area contributed by atoms with Gasteiger partial charge in [-0.2, -0.15) is 0 Å². The van der Waals surface area contributed by atoms with Crippen LogP contribution in [0.4, 0.5) is 0 Å². The van der Waals surface area contributed by atoms with Crippen LogP contribution in [0.25, 0.3) is 10.9 Å². The zero-order chi connectivity index (χ0) is 16.8. The molecule has 1 aromatic carbocycles. The predicted molar refractivity (Wildman–Crippen MR) is 87.9 cm³/mol. The molecule has 0 radical (unpaired) electrons. The minimum atomic E-state index is -1.13. The van der Waals surface area contributed by atoms with Crippen molar-refractivity contribution in [3.8, 4) is 0 Å². The van der Waals surface area contributed by atoms with Gasteiger partial charge in [0.1, 0.15) is 6.54 Å². The number of rotatable bonds is 7. The van der Waals surface area contributed by atoms with Gasteiger partial charge >= 0.3 is 5.97 Å². The van der Waals surface area contributed by atoms with Gasteiger partial charge in [0.25, 0.3) is 0 Å². The summed E-state index contributed by atoms with van der Waals surface area (Å²) in [4.78, 5) is 33.4. The number of halogens is 1. The van der Waals surface area contributed by atoms with Gasteiger partial charge in [0, 0.05) is 34.5 Å². The first kappa shape index (κ1) is 17.0. The van der Waals surface area contributed by atoms with Crippen molar-refractivity contribution in [1.82, 2.24) is 15.2 Å². The maximum absolute atomic E-state index is 11.8. The number of amides is 2. The number of aliphatic carboxylic acids is 1. The number of carbonyl (C=O) groups excluding carboxylic acids is 2. The molecular formula is C15H16BrN3O4. The Balaban J connectivity index is 1.81. The number of fused-ring (bicyclic) bond motifs is 1. The van der Waals surface area contributed by atoms with Crippen LogP contribution in [0.3, 0.4) is 0 Å². The van der Waals surface area contributed by atoms with Crippen molar-refractivity contribution in [2.75, 3.05) is 13.1 Å². The van der Waals surface area contributed by atoms with Crippen molar-refractivity contribution in [2.45, 2.75) is 13.0 Å². The molecule has 0 atom stereocenters. The third-order valence-electron chi connectivity index (χ3n) is 3.22. The molecule has 23 heavy (non-hydrogen) atoms. The van der Waals surface area contributed by atoms with Crippen LogP contribution < -0.4 is 10.6 Å². The smallest absolute Gasteiger partial charge is 0.322 e. The van der Waals surface area contributed by atoms with Gasteiger partial charge in [0.2, 0.25) is 11.8 Å². The van der Waals surface area contributed by atoms with Crippen LogP contribution in [0, 0.1) is 0 Å². The lowest BCUT2D eigenvalue weighted by Crippen LogP contribution is -2.39. The number of hydrogen-bond acceptors (Lipinski definition) is 3. The fraction of sp³-hybridized carbons (Fsp3) is 0.267. The maximum Gasteiger partial charge on any atom is 0.322 e. The number of nitrogens with one attached hydrogen (secondary N) is 2. The van der Waals surface area contributed by atoms with Crippen LogP contribution in [-0.2, 0) is 20.9 Å². The molecule has 0 bridgehead atoms. The summed E-state index contributed by atoms with van der Waals surface area (Å²) < 4.78 is 2.96. The van der Waals surface area contributed by atoms with Crippen LogP contribution in [0.2, 0.25) is 0 Å². The van der Waals surface area contributed by atoms with E-state index in [1.807, 2.05) is 35.0 Å². The molecule has 0 saturated carbocycles. The van der Waals surface area contributed by atoms with E-state index < -0.39 is 18.4 Å². The number of aromatic nitrogens is 1. The number of aryl methyl sites for hydroxylation is 1. The van der Waals surface area contributed by atoms with Crippen LogP contribution in [0.5, 0.6) is 0 Å². The Morgan fingerprint density at radius 1 is 1.09 bits per heavy atom. The van der Waals surface area contributed by atoms with Crippen molar-refractivity contribution < 1.29 is 19.5 Å². The van der Waals surface area contributed by atoms with Gasteiger partial charge < -0.3 is 20.3 Å². The molecule has 0 spiro atoms. The van der Waals surface area contributed by atoms with Crippen LogP contribution >= 0.6 is 15.9 Å². The number of carboxylic acids is 1. The molecule has 122 valence electrons. The van der Waals surface area contributed by atoms with E-state index in [0.717, 1.165) is 15.4 Å². The Morgan fingerprint density at radius 3 is 2.57 bits per heavy atom. The van der Waals surface area contributed by atoms with Gasteiger partial charge in [-0.15, -0.1) is 0 Å². The summed E-state index contributed by atoms with van der Waals surface area (Å²) in [7, 11) is 0. The molecule has 8 heteroatoms. The molecule has 0 unspecified atom stereocenters. The molecule has 2 rings (SSSR count). The molecule has 1 aromatic heterocycles. The van der Waals surface area contributed by atoms with E-state index >= 15 is 0 Å². The monoisotopic (exact) mass is 381 g/mol. The van der Waals surface area contributed by atoms with Crippen molar-refractivity contribution >= 4 is 44.6 Å². The second-order valence-electron chi connectivity index (χ2n) is 4.88. The second-order valence-corrected chi connectivity index (χ2v) is 5.73. The molecule has 0 saturated heterocycles. The lowest BCUT2D eigenvalue weighted by atomic mass is 10.2. The van der Waals surface area contributed by atoms with Gasteiger partial charge in [0.15, 0.2) is 0 Å². The first-order chi connectivity index (χ1) is 11.0. The van der Waals surface area contributed by atoms with Gasteiger partial charge in [-0.05, 0) is 18.2 Å². The molecule has 7 nitrogen and oxygen atoms in total. The Bertz CT molecular complexity index is 741. The van der Waals surface area contributed by atoms with Crippen LogP contribution in [-0.4, -0.2) is 40.5 Å². The normalized spacial score (nSPS) is 10.5. The van der Waals surface area contributed by atoms with E-state index in [1.54, 1.807) is 0 Å². The predicted octanol–water partition coefficient (Wildman–Crippen LogP) is 1.11. The molecular weight excluding hydrogens is 366 g/mol. The van der Waals surface area contributed by atoms with E-state index in [1.165, 1.54) is 0 Å². The highest BCUT2D eigenvalue weighted by Gasteiger charge is 2.08. The average Bonchev–Trinajstić information content (AvgIpc) is 2.93. The molecule has 2 amide bonds. The largest absolute Gasteiger partial charge is 0.480 e. The molecule has 0 aliphatic carbocycles. The summed E-state index contributed by atoms with van der Waals surface area (Å²) in [6.07, 6.45) is 2.13. The standard InChI is InChI=1S/C15H16BrN3O4/c16-11-2-1-3-12-10(11)4-6-19(12)7-5-13(20)17-8-14(21)18-9-15(22)23/h1-4,6H,5,7-9H2,(H,17,20)(H,18,21)(H,22,23). The highest BCUT2D eigenvalue weighted by molar-refractivity contribution is 9.10. The van der Waals surface area contributed by atoms with Gasteiger partial charge in [-0.25, -0.2) is 0 Å². The Kier molecular flexibility index (Phi) is 5.75. The second kappa shape index (κ2) is 7.77. The van der Waals surface area contributed by atoms with Gasteiger partial charge in [0.05, 0.1) is 6.54 Å². The topological polar surface area (TPSA) is 100 Å². The molecule has 0 aliphatic heterocycles. The van der Waals surface area contributed by atoms with E-state index in [0.29, 0.717) is 6.54 Å². The zero-order valence-corrected chi connectivity index (χ0v) is 13.8. The first-order valence-corrected chi connectivity index (χ1v) is 7.75. The fourth-order valence-corrected chi connectivity index (χ4v) is 2.59. The summed E-state index contributed by atoms with van der Waals surface area (Å²) in [5, 5.41) is 14.1. The van der Waals surface area contributed by atoms with Crippen LogP contribution in [0.1, 0.15) is 6.42 Å². The van der Waals surface area contributed by atoms with Gasteiger partial charge in [-0.3, -0.25) is 14.4 Å². The number of nitrogens with zero attached hydrogens (tertiary/aromatic N) is 1. The van der Waals surface area contributed by atoms with Gasteiger partial charge in [-0.1, -0.05) is 22.0 Å². The first-order valence-electron chi connectivity index (χ1n) is 6.96. The zero-order valence-electron chi connectivity index (χ0n) is 12.2. The van der Waals surface area contributed by atoms with Crippen molar-refractivity contribution in [3.05, 3.63) is 34.9 Å². The van der Waals surface area contributed by atoms with Crippen LogP contribution in [0.15, 0.2) is 34.9 Å². The van der Waals surface area contributed by atoms with E-state index in [4.69, 9.17) is 5.11 Å². The highest BCUT2D eigenvalue weighted by atomic mass is 79.9. The van der Waals surface area contributed by atoms with Crippen molar-refractivity contribution in [3.63, 3.8) is 0 Å². The van der Waals surface area contributed by atoms with Crippen molar-refractivity contribution in [1.29, 1.82) is 0 Å². The Hall–Kier alpha value is -2.35. The summed E-state index contributed by atoms with van der Waals surface area (Å²) in [6.45, 7) is -0.203. The minimum Gasteiger partial charge on any atom is -0.480 e. The van der Waals surface area contributed by atoms with E-state index in [2.05, 4.69) is 26.6 Å². The summed E-state index contributed by atoms with van der Waals surface area (Å²) in [5.74, 6) is -1.93. The average molecular weight is 382 g/mol. The minimum absolute atomic E-state index is 0.225. The Morgan fingerprint density at radius 2 is 1.83 bits per heavy atom. The van der Waals surface area contributed by atoms with E-state index in [9.17, 15) is 14.4 Å². The highest BCUT2D eigenvalue weighted by Crippen LogP contribution is 2.24. The molecule has 0 aliphatic rings. The fourth-order valence-electron chi connectivity index (χ4n) is 2.11. The third kappa shape index (κ3) is 4.82. The Labute approximate surface area is 140 Å². The lowest BCUT2D eigenvalue weighted by Gasteiger charge is -2.07. The quantitative estimate of drug-likeness (QED) is 0.668. The lowest BCUT2D eigenvalue weighted by molar-refractivity contribution is -0.137. The molecule has 1 heterocycles. The number of hydrogen-bond donors (Lipinski definition) is 3.